The van der Waals surface area contributed by atoms with Gasteiger partial charge in [-0.2, -0.15) is 0 Å². The zero-order chi connectivity index (χ0) is 12.4. The Bertz CT molecular complexity index is 427. The van der Waals surface area contributed by atoms with Crippen molar-refractivity contribution in [3.63, 3.8) is 0 Å². The fourth-order valence-electron chi connectivity index (χ4n) is 2.11. The van der Waals surface area contributed by atoms with E-state index >= 15 is 0 Å². The van der Waals surface area contributed by atoms with Crippen LogP contribution >= 0.6 is 0 Å². The predicted molar refractivity (Wildman–Crippen MR) is 64.9 cm³/mol. The van der Waals surface area contributed by atoms with Gasteiger partial charge in [-0.05, 0) is 11.5 Å². The molecule has 1 aliphatic rings. The van der Waals surface area contributed by atoms with Crippen molar-refractivity contribution in [2.75, 3.05) is 0 Å². The molecule has 1 fully saturated rings. The molecule has 0 saturated carbocycles. The van der Waals surface area contributed by atoms with Crippen molar-refractivity contribution in [3.8, 4) is 0 Å². The molecule has 0 N–H and O–H groups in total. The van der Waals surface area contributed by atoms with Gasteiger partial charge in [0, 0.05) is 12.3 Å². The second kappa shape index (κ2) is 4.70. The van der Waals surface area contributed by atoms with Crippen LogP contribution in [0.4, 0.5) is 0 Å². The van der Waals surface area contributed by atoms with Gasteiger partial charge in [0.1, 0.15) is 0 Å². The second-order valence-electron chi connectivity index (χ2n) is 4.77. The summed E-state index contributed by atoms with van der Waals surface area (Å²) in [6.07, 6.45) is 0.472. The Balaban J connectivity index is 2.15. The van der Waals surface area contributed by atoms with Gasteiger partial charge in [0.05, 0.1) is 6.54 Å². The minimum Gasteiger partial charge on any atom is -0.278 e. The molecule has 0 bridgehead atoms. The first kappa shape index (κ1) is 11.8. The molecular formula is C14H17NO2. The molecule has 0 unspecified atom stereocenters. The number of hydrogen-bond acceptors (Lipinski definition) is 2. The van der Waals surface area contributed by atoms with Gasteiger partial charge in [0.2, 0.25) is 11.8 Å². The van der Waals surface area contributed by atoms with E-state index in [2.05, 4.69) is 0 Å². The fraction of sp³-hybridized carbons (Fsp3) is 0.429. The van der Waals surface area contributed by atoms with E-state index in [1.165, 1.54) is 4.90 Å². The Hall–Kier alpha value is -1.64. The summed E-state index contributed by atoms with van der Waals surface area (Å²) in [4.78, 5) is 25.3. The number of likely N-dealkylation sites (tertiary alicyclic amines) is 1. The van der Waals surface area contributed by atoms with E-state index in [0.29, 0.717) is 13.0 Å². The molecule has 0 aliphatic carbocycles. The number of benzene rings is 1. The summed E-state index contributed by atoms with van der Waals surface area (Å²) in [6.45, 7) is 4.26. The van der Waals surface area contributed by atoms with Crippen molar-refractivity contribution in [1.82, 2.24) is 4.90 Å². The third kappa shape index (κ3) is 2.38. The monoisotopic (exact) mass is 231 g/mol. The highest BCUT2D eigenvalue weighted by Crippen LogP contribution is 2.25. The van der Waals surface area contributed by atoms with Crippen molar-refractivity contribution >= 4 is 11.8 Å². The van der Waals surface area contributed by atoms with Crippen molar-refractivity contribution in [2.45, 2.75) is 26.8 Å². The molecule has 3 heteroatoms. The third-order valence-electron chi connectivity index (χ3n) is 3.49. The van der Waals surface area contributed by atoms with E-state index < -0.39 is 0 Å². The van der Waals surface area contributed by atoms with Crippen LogP contribution in [0.3, 0.4) is 0 Å². The van der Waals surface area contributed by atoms with Crippen LogP contribution in [0.5, 0.6) is 0 Å². The molecule has 1 saturated heterocycles. The molecule has 1 aromatic rings. The first-order chi connectivity index (χ1) is 8.09. The topological polar surface area (TPSA) is 37.4 Å². The number of carbonyl (C=O) groups excluding carboxylic acids is 2. The molecule has 1 heterocycles. The molecule has 17 heavy (non-hydrogen) atoms. The number of hydrogen-bond donors (Lipinski definition) is 0. The molecule has 0 radical (unpaired) electrons. The highest BCUT2D eigenvalue weighted by molar-refractivity contribution is 5.98. The van der Waals surface area contributed by atoms with E-state index in [0.717, 1.165) is 5.56 Å². The lowest BCUT2D eigenvalue weighted by Gasteiger charge is -2.33. The van der Waals surface area contributed by atoms with Gasteiger partial charge in [0.25, 0.3) is 0 Å². The van der Waals surface area contributed by atoms with Gasteiger partial charge >= 0.3 is 0 Å². The molecule has 2 atom stereocenters. The van der Waals surface area contributed by atoms with E-state index in [9.17, 15) is 9.59 Å². The number of nitrogens with zero attached hydrogens (tertiary/aromatic N) is 1. The molecule has 1 aliphatic heterocycles. The predicted octanol–water partition coefficient (Wildman–Crippen LogP) is 2.22. The molecule has 90 valence electrons. The molecule has 2 amide bonds. The third-order valence-corrected chi connectivity index (χ3v) is 3.49. The minimum absolute atomic E-state index is 0.0439. The van der Waals surface area contributed by atoms with E-state index in [-0.39, 0.29) is 23.7 Å². The Morgan fingerprint density at radius 2 is 1.82 bits per heavy atom. The Morgan fingerprint density at radius 3 is 2.47 bits per heavy atom. The number of carbonyl (C=O) groups is 2. The zero-order valence-corrected chi connectivity index (χ0v) is 10.2. The average Bonchev–Trinajstić information content (AvgIpc) is 2.33. The molecule has 2 rings (SSSR count). The summed E-state index contributed by atoms with van der Waals surface area (Å²) in [5.74, 6) is 0.000455. The Labute approximate surface area is 101 Å². The van der Waals surface area contributed by atoms with Crippen LogP contribution in [-0.4, -0.2) is 16.7 Å². The smallest absolute Gasteiger partial charge is 0.232 e. The van der Waals surface area contributed by atoms with Crippen molar-refractivity contribution in [3.05, 3.63) is 35.9 Å². The summed E-state index contributed by atoms with van der Waals surface area (Å²) >= 11 is 0. The van der Waals surface area contributed by atoms with Gasteiger partial charge < -0.3 is 0 Å². The van der Waals surface area contributed by atoms with E-state index in [1.807, 2.05) is 44.2 Å². The molecule has 0 aromatic heterocycles. The summed E-state index contributed by atoms with van der Waals surface area (Å²) in [7, 11) is 0. The highest BCUT2D eigenvalue weighted by atomic mass is 16.2. The summed E-state index contributed by atoms with van der Waals surface area (Å²) in [6, 6.07) is 9.63. The van der Waals surface area contributed by atoms with E-state index in [1.54, 1.807) is 0 Å². The minimum atomic E-state index is -0.0589. The first-order valence-electron chi connectivity index (χ1n) is 5.97. The number of piperidine rings is 1. The maximum atomic E-state index is 12.1. The van der Waals surface area contributed by atoms with Gasteiger partial charge in [-0.3, -0.25) is 14.5 Å². The van der Waals surface area contributed by atoms with Gasteiger partial charge in [-0.15, -0.1) is 0 Å². The maximum absolute atomic E-state index is 12.1. The molecular weight excluding hydrogens is 214 g/mol. The maximum Gasteiger partial charge on any atom is 0.232 e. The van der Waals surface area contributed by atoms with Gasteiger partial charge in [0.15, 0.2) is 0 Å². The zero-order valence-electron chi connectivity index (χ0n) is 10.2. The lowest BCUT2D eigenvalue weighted by Crippen LogP contribution is -2.46. The summed E-state index contributed by atoms with van der Waals surface area (Å²) in [5.41, 5.74) is 0.996. The van der Waals surface area contributed by atoms with Crippen LogP contribution < -0.4 is 0 Å². The van der Waals surface area contributed by atoms with Crippen LogP contribution in [0.2, 0.25) is 0 Å². The average molecular weight is 231 g/mol. The Kier molecular flexibility index (Phi) is 3.27. The SMILES string of the molecule is C[C@@H]1CC(=O)N(Cc2ccccc2)C(=O)[C@H]1C. The molecule has 1 aromatic carbocycles. The fourth-order valence-corrected chi connectivity index (χ4v) is 2.11. The lowest BCUT2D eigenvalue weighted by atomic mass is 9.87. The first-order valence-corrected chi connectivity index (χ1v) is 5.97. The summed E-state index contributed by atoms with van der Waals surface area (Å²) < 4.78 is 0. The van der Waals surface area contributed by atoms with Crippen LogP contribution in [-0.2, 0) is 16.1 Å². The normalized spacial score (nSPS) is 25.2. The number of rotatable bonds is 2. The van der Waals surface area contributed by atoms with Gasteiger partial charge in [-0.1, -0.05) is 44.2 Å². The largest absolute Gasteiger partial charge is 0.278 e. The Morgan fingerprint density at radius 1 is 1.18 bits per heavy atom. The number of amides is 2. The second-order valence-corrected chi connectivity index (χ2v) is 4.77. The molecule has 0 spiro atoms. The van der Waals surface area contributed by atoms with Crippen LogP contribution in [0.15, 0.2) is 30.3 Å². The standard InChI is InChI=1S/C14H17NO2/c1-10-8-13(16)15(14(17)11(10)2)9-12-6-4-3-5-7-12/h3-7,10-11H,8-9H2,1-2H3/t10-,11+/m1/s1. The molecule has 3 nitrogen and oxygen atoms in total. The van der Waals surface area contributed by atoms with E-state index in [4.69, 9.17) is 0 Å². The number of imide groups is 1. The van der Waals surface area contributed by atoms with Crippen molar-refractivity contribution in [2.24, 2.45) is 11.8 Å². The van der Waals surface area contributed by atoms with Crippen LogP contribution in [0.25, 0.3) is 0 Å². The van der Waals surface area contributed by atoms with Crippen molar-refractivity contribution < 1.29 is 9.59 Å². The van der Waals surface area contributed by atoms with Gasteiger partial charge in [-0.25, -0.2) is 0 Å². The quantitative estimate of drug-likeness (QED) is 0.732. The van der Waals surface area contributed by atoms with Crippen LogP contribution in [0, 0.1) is 11.8 Å². The van der Waals surface area contributed by atoms with Crippen molar-refractivity contribution in [1.29, 1.82) is 0 Å². The summed E-state index contributed by atoms with van der Waals surface area (Å²) in [5, 5.41) is 0. The highest BCUT2D eigenvalue weighted by Gasteiger charge is 2.36. The lowest BCUT2D eigenvalue weighted by molar-refractivity contribution is -0.154. The van der Waals surface area contributed by atoms with Crippen LogP contribution in [0.1, 0.15) is 25.8 Å².